The molecule has 3 heteroatoms. The summed E-state index contributed by atoms with van der Waals surface area (Å²) in [5.41, 5.74) is 16.3. The SMILES string of the molecule is c1ccc(-c2nc3ccc4ccccc4c3nc2-c2cccc(-c3ccc4c(c3)-c3c(ccc5oc6ccccc6c35)C43C4CCC5CCC(C4)CC53)c2)cc1. The lowest BCUT2D eigenvalue weighted by atomic mass is 9.43. The van der Waals surface area contributed by atoms with E-state index in [9.17, 15) is 0 Å². The number of para-hydroxylation sites is 1. The number of benzene rings is 7. The quantitative estimate of drug-likeness (QED) is 0.171. The van der Waals surface area contributed by atoms with E-state index in [1.54, 1.807) is 11.1 Å². The van der Waals surface area contributed by atoms with E-state index in [-0.39, 0.29) is 5.41 Å². The van der Waals surface area contributed by atoms with Gasteiger partial charge >= 0.3 is 0 Å². The molecule has 56 heavy (non-hydrogen) atoms. The van der Waals surface area contributed by atoms with Crippen molar-refractivity contribution in [2.75, 3.05) is 0 Å². The predicted octanol–water partition coefficient (Wildman–Crippen LogP) is 13.8. The van der Waals surface area contributed by atoms with Gasteiger partial charge in [0, 0.05) is 32.7 Å². The molecule has 2 aromatic heterocycles. The Bertz CT molecular complexity index is 3080. The van der Waals surface area contributed by atoms with Crippen molar-refractivity contribution in [1.82, 2.24) is 9.97 Å². The minimum Gasteiger partial charge on any atom is -0.456 e. The van der Waals surface area contributed by atoms with Crippen molar-refractivity contribution in [3.05, 3.63) is 157 Å². The number of hydrogen-bond acceptors (Lipinski definition) is 3. The van der Waals surface area contributed by atoms with Crippen molar-refractivity contribution in [2.45, 2.75) is 43.9 Å². The summed E-state index contributed by atoms with van der Waals surface area (Å²) in [7, 11) is 0. The lowest BCUT2D eigenvalue weighted by Gasteiger charge is -2.60. The molecule has 4 aliphatic carbocycles. The lowest BCUT2D eigenvalue weighted by Crippen LogP contribution is -2.55. The van der Waals surface area contributed by atoms with E-state index in [1.807, 2.05) is 0 Å². The molecule has 3 bridgehead atoms. The average Bonchev–Trinajstić information content (AvgIpc) is 3.76. The Morgan fingerprint density at radius 1 is 0.536 bits per heavy atom. The molecule has 2 heterocycles. The second kappa shape index (κ2) is 11.5. The van der Waals surface area contributed by atoms with Crippen molar-refractivity contribution in [3.8, 4) is 44.8 Å². The standard InChI is InChI=1S/C53H40N2O/c1-2-10-34(11-3-1)50-51(55-52-39-14-5-4-9-32(39)21-25-45(52)54-50)37-13-8-12-35(29-37)36-20-23-42-41(30-36)48-43(24-26-47-49(48)40-15-6-7-16-46(40)56-47)53(42)38-22-19-33-18-17-31(27-38)28-44(33)53/h1-16,20-21,23-26,29-31,33,38,44H,17-19,22,27-28H2. The van der Waals surface area contributed by atoms with Gasteiger partial charge in [0.15, 0.2) is 0 Å². The highest BCUT2D eigenvalue weighted by Gasteiger charge is 2.61. The first kappa shape index (κ1) is 31.2. The Labute approximate surface area is 326 Å². The fourth-order valence-electron chi connectivity index (χ4n) is 12.4. The highest BCUT2D eigenvalue weighted by molar-refractivity contribution is 6.15. The molecule has 3 nitrogen and oxygen atoms in total. The molecule has 0 amide bonds. The van der Waals surface area contributed by atoms with Crippen molar-refractivity contribution in [1.29, 1.82) is 0 Å². The summed E-state index contributed by atoms with van der Waals surface area (Å²) >= 11 is 0. The minimum atomic E-state index is 0.0749. The molecule has 0 aliphatic heterocycles. The molecule has 3 saturated carbocycles. The van der Waals surface area contributed by atoms with Crippen LogP contribution in [0, 0.1) is 23.7 Å². The zero-order valence-electron chi connectivity index (χ0n) is 31.2. The highest BCUT2D eigenvalue weighted by atomic mass is 16.3. The number of fused-ring (bicyclic) bond motifs is 11. The van der Waals surface area contributed by atoms with Crippen molar-refractivity contribution >= 4 is 43.7 Å². The maximum atomic E-state index is 6.58. The molecule has 0 saturated heterocycles. The normalized spacial score (nSPS) is 23.4. The monoisotopic (exact) mass is 720 g/mol. The van der Waals surface area contributed by atoms with Crippen LogP contribution in [-0.2, 0) is 5.41 Å². The Balaban J connectivity index is 1.03. The zero-order chi connectivity index (χ0) is 36.5. The largest absolute Gasteiger partial charge is 0.456 e. The number of nitrogens with zero attached hydrogens (tertiary/aromatic N) is 2. The van der Waals surface area contributed by atoms with E-state index in [2.05, 4.69) is 146 Å². The summed E-state index contributed by atoms with van der Waals surface area (Å²) in [6.45, 7) is 0. The molecule has 3 fully saturated rings. The summed E-state index contributed by atoms with van der Waals surface area (Å²) in [5.74, 6) is 3.09. The highest BCUT2D eigenvalue weighted by Crippen LogP contribution is 2.70. The fourth-order valence-corrected chi connectivity index (χ4v) is 12.4. The molecule has 0 N–H and O–H groups in total. The summed E-state index contributed by atoms with van der Waals surface area (Å²) < 4.78 is 6.58. The number of furan rings is 1. The van der Waals surface area contributed by atoms with Gasteiger partial charge in [-0.2, -0.15) is 0 Å². The maximum absolute atomic E-state index is 6.58. The average molecular weight is 721 g/mol. The summed E-state index contributed by atoms with van der Waals surface area (Å²) in [5, 5.41) is 4.82. The molecule has 5 unspecified atom stereocenters. The summed E-state index contributed by atoms with van der Waals surface area (Å²) in [4.78, 5) is 10.8. The van der Waals surface area contributed by atoms with Gasteiger partial charge in [-0.15, -0.1) is 0 Å². The van der Waals surface area contributed by atoms with Crippen LogP contribution in [0.2, 0.25) is 0 Å². The van der Waals surface area contributed by atoms with Gasteiger partial charge in [0.1, 0.15) is 11.2 Å². The van der Waals surface area contributed by atoms with Crippen LogP contribution in [0.4, 0.5) is 0 Å². The van der Waals surface area contributed by atoms with Gasteiger partial charge in [0.25, 0.3) is 0 Å². The van der Waals surface area contributed by atoms with Crippen molar-refractivity contribution in [3.63, 3.8) is 0 Å². The number of aromatic nitrogens is 2. The molecule has 4 aliphatic rings. The first-order valence-corrected chi connectivity index (χ1v) is 20.7. The van der Waals surface area contributed by atoms with Gasteiger partial charge in [-0.3, -0.25) is 0 Å². The molecular formula is C53H40N2O. The maximum Gasteiger partial charge on any atom is 0.136 e. The van der Waals surface area contributed by atoms with Crippen LogP contribution < -0.4 is 0 Å². The van der Waals surface area contributed by atoms with E-state index >= 15 is 0 Å². The van der Waals surface area contributed by atoms with Crippen LogP contribution in [0.5, 0.6) is 0 Å². The number of rotatable bonds is 3. The molecule has 9 aromatic rings. The smallest absolute Gasteiger partial charge is 0.136 e. The second-order valence-corrected chi connectivity index (χ2v) is 17.2. The first-order valence-electron chi connectivity index (χ1n) is 20.7. The minimum absolute atomic E-state index is 0.0749. The van der Waals surface area contributed by atoms with E-state index in [0.29, 0.717) is 11.8 Å². The van der Waals surface area contributed by atoms with Crippen LogP contribution >= 0.6 is 0 Å². The first-order chi connectivity index (χ1) is 27.7. The van der Waals surface area contributed by atoms with Gasteiger partial charge in [-0.05, 0) is 125 Å². The molecular weight excluding hydrogens is 681 g/mol. The van der Waals surface area contributed by atoms with Crippen molar-refractivity contribution in [2.24, 2.45) is 23.7 Å². The third kappa shape index (κ3) is 4.18. The van der Waals surface area contributed by atoms with Gasteiger partial charge < -0.3 is 4.42 Å². The molecule has 5 atom stereocenters. The predicted molar refractivity (Wildman–Crippen MR) is 229 cm³/mol. The third-order valence-electron chi connectivity index (χ3n) is 14.6. The molecule has 0 radical (unpaired) electrons. The Kier molecular flexibility index (Phi) is 6.40. The third-order valence-corrected chi connectivity index (χ3v) is 14.6. The zero-order valence-corrected chi connectivity index (χ0v) is 31.2. The molecule has 13 rings (SSSR count). The summed E-state index contributed by atoms with van der Waals surface area (Å²) in [6.07, 6.45) is 8.30. The molecule has 1 spiro atoms. The van der Waals surface area contributed by atoms with Gasteiger partial charge in [0.2, 0.25) is 0 Å². The Morgan fingerprint density at radius 2 is 1.30 bits per heavy atom. The van der Waals surface area contributed by atoms with Crippen LogP contribution in [0.15, 0.2) is 150 Å². The van der Waals surface area contributed by atoms with Crippen LogP contribution in [0.3, 0.4) is 0 Å². The Morgan fingerprint density at radius 3 is 2.25 bits per heavy atom. The van der Waals surface area contributed by atoms with Crippen LogP contribution in [-0.4, -0.2) is 9.97 Å². The topological polar surface area (TPSA) is 38.9 Å². The van der Waals surface area contributed by atoms with Crippen LogP contribution in [0.1, 0.15) is 49.7 Å². The molecule has 7 aromatic carbocycles. The van der Waals surface area contributed by atoms with Crippen molar-refractivity contribution < 1.29 is 4.42 Å². The van der Waals surface area contributed by atoms with E-state index < -0.39 is 0 Å². The summed E-state index contributed by atoms with van der Waals surface area (Å²) in [6, 6.07) is 53.2. The van der Waals surface area contributed by atoms with E-state index in [1.165, 1.54) is 76.9 Å². The van der Waals surface area contributed by atoms with Crippen LogP contribution in [0.25, 0.3) is 88.5 Å². The Hall–Kier alpha value is -6.06. The van der Waals surface area contributed by atoms with Gasteiger partial charge in [-0.25, -0.2) is 9.97 Å². The number of hydrogen-bond donors (Lipinski definition) is 0. The van der Waals surface area contributed by atoms with E-state index in [0.717, 1.165) is 61.9 Å². The van der Waals surface area contributed by atoms with Gasteiger partial charge in [0.05, 0.1) is 22.4 Å². The van der Waals surface area contributed by atoms with E-state index in [4.69, 9.17) is 14.4 Å². The van der Waals surface area contributed by atoms with Gasteiger partial charge in [-0.1, -0.05) is 122 Å². The molecule has 268 valence electrons. The second-order valence-electron chi connectivity index (χ2n) is 17.2. The fraction of sp³-hybridized carbons (Fsp3) is 0.208. The lowest BCUT2D eigenvalue weighted by molar-refractivity contribution is -0.0320.